The van der Waals surface area contributed by atoms with Crippen molar-refractivity contribution in [2.75, 3.05) is 0 Å². The molecule has 0 atom stereocenters. The second kappa shape index (κ2) is 2.06. The quantitative estimate of drug-likeness (QED) is 0.513. The Balaban J connectivity index is 2.29. The standard InChI is InChI=1S/C8H8N2/c1-2-4-7(3-1)8-9-5-6-10-8/h1-6,9-10H. The largest absolute Gasteiger partial charge is 0.346 e. The molecule has 2 nitrogen and oxygen atoms in total. The molecular formula is C8H8N2. The molecule has 0 aromatic carbocycles. The lowest BCUT2D eigenvalue weighted by atomic mass is 10.3. The second-order valence-corrected chi connectivity index (χ2v) is 2.17. The summed E-state index contributed by atoms with van der Waals surface area (Å²) < 4.78 is 0. The van der Waals surface area contributed by atoms with E-state index >= 15 is 0 Å². The third-order valence-corrected chi connectivity index (χ3v) is 1.49. The van der Waals surface area contributed by atoms with Gasteiger partial charge >= 0.3 is 0 Å². The van der Waals surface area contributed by atoms with E-state index < -0.39 is 0 Å². The minimum absolute atomic E-state index is 1.06. The Morgan fingerprint density at radius 3 is 2.10 bits per heavy atom. The van der Waals surface area contributed by atoms with Crippen LogP contribution in [-0.2, 0) is 0 Å². The Morgan fingerprint density at radius 1 is 0.900 bits per heavy atom. The Kier molecular flexibility index (Phi) is 1.10. The van der Waals surface area contributed by atoms with Crippen LogP contribution in [0.5, 0.6) is 0 Å². The zero-order chi connectivity index (χ0) is 6.81. The molecule has 2 aliphatic rings. The molecule has 0 aromatic rings. The summed E-state index contributed by atoms with van der Waals surface area (Å²) in [4.78, 5) is 0. The number of hydrogen-bond donors (Lipinski definition) is 2. The fraction of sp³-hybridized carbons (Fsp3) is 0. The minimum Gasteiger partial charge on any atom is -0.346 e. The van der Waals surface area contributed by atoms with Crippen molar-refractivity contribution >= 4 is 0 Å². The van der Waals surface area contributed by atoms with Gasteiger partial charge in [-0.15, -0.1) is 0 Å². The molecule has 0 saturated heterocycles. The van der Waals surface area contributed by atoms with E-state index in [1.807, 2.05) is 24.6 Å². The predicted molar refractivity (Wildman–Crippen MR) is 40.7 cm³/mol. The van der Waals surface area contributed by atoms with Crippen LogP contribution < -0.4 is 10.6 Å². The molecule has 1 aliphatic carbocycles. The van der Waals surface area contributed by atoms with Gasteiger partial charge in [0.25, 0.3) is 0 Å². The van der Waals surface area contributed by atoms with Gasteiger partial charge in [-0.25, -0.2) is 0 Å². The normalized spacial score (nSPS) is 20.0. The number of rotatable bonds is 0. The fourth-order valence-electron chi connectivity index (χ4n) is 0.999. The van der Waals surface area contributed by atoms with Gasteiger partial charge in [-0.1, -0.05) is 24.3 Å². The summed E-state index contributed by atoms with van der Waals surface area (Å²) in [6, 6.07) is 0. The van der Waals surface area contributed by atoms with E-state index in [4.69, 9.17) is 0 Å². The maximum atomic E-state index is 3.08. The molecule has 2 rings (SSSR count). The highest BCUT2D eigenvalue weighted by Crippen LogP contribution is 2.10. The molecule has 0 aromatic heterocycles. The minimum atomic E-state index is 1.06. The van der Waals surface area contributed by atoms with Gasteiger partial charge in [0.2, 0.25) is 0 Å². The molecule has 0 spiro atoms. The molecule has 0 unspecified atom stereocenters. The first-order chi connectivity index (χ1) is 4.97. The smallest absolute Gasteiger partial charge is 0.114 e. The molecule has 0 saturated carbocycles. The summed E-state index contributed by atoms with van der Waals surface area (Å²) in [7, 11) is 0. The van der Waals surface area contributed by atoms with E-state index in [9.17, 15) is 0 Å². The summed E-state index contributed by atoms with van der Waals surface area (Å²) in [5.41, 5.74) is 1.20. The van der Waals surface area contributed by atoms with Crippen LogP contribution in [0.3, 0.4) is 0 Å². The highest BCUT2D eigenvalue weighted by molar-refractivity contribution is 5.43. The highest BCUT2D eigenvalue weighted by atomic mass is 15.1. The van der Waals surface area contributed by atoms with Crippen molar-refractivity contribution in [3.63, 3.8) is 0 Å². The number of hydrogen-bond acceptors (Lipinski definition) is 2. The van der Waals surface area contributed by atoms with Crippen molar-refractivity contribution in [3.8, 4) is 0 Å². The molecule has 2 heteroatoms. The van der Waals surface area contributed by atoms with Crippen LogP contribution in [0, 0.1) is 0 Å². The maximum Gasteiger partial charge on any atom is 0.114 e. The van der Waals surface area contributed by atoms with E-state index in [1.54, 1.807) is 0 Å². The van der Waals surface area contributed by atoms with Gasteiger partial charge in [0.15, 0.2) is 0 Å². The lowest BCUT2D eigenvalue weighted by Crippen LogP contribution is -2.11. The van der Waals surface area contributed by atoms with Gasteiger partial charge in [-0.3, -0.25) is 0 Å². The van der Waals surface area contributed by atoms with Crippen molar-refractivity contribution in [1.82, 2.24) is 10.6 Å². The maximum absolute atomic E-state index is 3.08. The molecule has 1 heterocycles. The van der Waals surface area contributed by atoms with Crippen molar-refractivity contribution in [2.45, 2.75) is 0 Å². The fourth-order valence-corrected chi connectivity index (χ4v) is 0.999. The molecule has 50 valence electrons. The third-order valence-electron chi connectivity index (χ3n) is 1.49. The number of nitrogens with one attached hydrogen (secondary N) is 2. The lowest BCUT2D eigenvalue weighted by Gasteiger charge is -2.00. The Labute approximate surface area is 59.6 Å². The van der Waals surface area contributed by atoms with Gasteiger partial charge < -0.3 is 10.6 Å². The zero-order valence-electron chi connectivity index (χ0n) is 5.46. The molecule has 2 N–H and O–H groups in total. The van der Waals surface area contributed by atoms with Gasteiger partial charge in [-0.05, 0) is 0 Å². The highest BCUT2D eigenvalue weighted by Gasteiger charge is 2.03. The van der Waals surface area contributed by atoms with E-state index in [-0.39, 0.29) is 0 Å². The molecule has 0 fully saturated rings. The van der Waals surface area contributed by atoms with Gasteiger partial charge in [0.05, 0.1) is 0 Å². The molecule has 0 amide bonds. The average Bonchev–Trinajstić information content (AvgIpc) is 2.59. The molecule has 0 bridgehead atoms. The van der Waals surface area contributed by atoms with Crippen LogP contribution in [0.25, 0.3) is 0 Å². The topological polar surface area (TPSA) is 24.1 Å². The van der Waals surface area contributed by atoms with Crippen molar-refractivity contribution in [1.29, 1.82) is 0 Å². The first-order valence-electron chi connectivity index (χ1n) is 3.24. The van der Waals surface area contributed by atoms with Crippen LogP contribution in [0.15, 0.2) is 48.1 Å². The lowest BCUT2D eigenvalue weighted by molar-refractivity contribution is 0.975. The first kappa shape index (κ1) is 5.35. The SMILES string of the molecule is C1=CC(=C2NC=CN2)C=C1. The van der Waals surface area contributed by atoms with Crippen molar-refractivity contribution in [3.05, 3.63) is 48.1 Å². The molecule has 0 radical (unpaired) electrons. The first-order valence-corrected chi connectivity index (χ1v) is 3.24. The van der Waals surface area contributed by atoms with Crippen LogP contribution in [0.2, 0.25) is 0 Å². The Morgan fingerprint density at radius 2 is 1.50 bits per heavy atom. The molecule has 1 aliphatic heterocycles. The summed E-state index contributed by atoms with van der Waals surface area (Å²) in [6.45, 7) is 0. The second-order valence-electron chi connectivity index (χ2n) is 2.17. The van der Waals surface area contributed by atoms with Gasteiger partial charge in [0, 0.05) is 18.0 Å². The van der Waals surface area contributed by atoms with Crippen LogP contribution in [0.1, 0.15) is 0 Å². The van der Waals surface area contributed by atoms with E-state index in [1.165, 1.54) is 5.57 Å². The summed E-state index contributed by atoms with van der Waals surface area (Å²) in [6.07, 6.45) is 11.9. The summed E-state index contributed by atoms with van der Waals surface area (Å²) >= 11 is 0. The third kappa shape index (κ3) is 0.739. The summed E-state index contributed by atoms with van der Waals surface area (Å²) in [5, 5.41) is 6.17. The molecular weight excluding hydrogens is 124 g/mol. The molecule has 10 heavy (non-hydrogen) atoms. The van der Waals surface area contributed by atoms with E-state index in [0.29, 0.717) is 0 Å². The van der Waals surface area contributed by atoms with Crippen molar-refractivity contribution < 1.29 is 0 Å². The summed E-state index contributed by atoms with van der Waals surface area (Å²) in [5.74, 6) is 1.06. The van der Waals surface area contributed by atoms with Crippen molar-refractivity contribution in [2.24, 2.45) is 0 Å². The average molecular weight is 132 g/mol. The predicted octanol–water partition coefficient (Wildman–Crippen LogP) is 0.988. The van der Waals surface area contributed by atoms with Crippen LogP contribution >= 0.6 is 0 Å². The monoisotopic (exact) mass is 132 g/mol. The van der Waals surface area contributed by atoms with Gasteiger partial charge in [-0.2, -0.15) is 0 Å². The van der Waals surface area contributed by atoms with Gasteiger partial charge in [0.1, 0.15) is 5.82 Å². The van der Waals surface area contributed by atoms with Crippen LogP contribution in [-0.4, -0.2) is 0 Å². The van der Waals surface area contributed by atoms with E-state index in [2.05, 4.69) is 22.8 Å². The Hall–Kier alpha value is -1.44. The van der Waals surface area contributed by atoms with E-state index in [0.717, 1.165) is 5.82 Å². The zero-order valence-corrected chi connectivity index (χ0v) is 5.46. The van der Waals surface area contributed by atoms with Crippen LogP contribution in [0.4, 0.5) is 0 Å². The number of allylic oxidation sites excluding steroid dienone is 5. The Bertz CT molecular complexity index is 232.